The van der Waals surface area contributed by atoms with Crippen LogP contribution in [0.25, 0.3) is 6.08 Å². The standard InChI is InChI=1S/C25H24ClIN2O5S/c1-33-20-12-17(11-19(26)23(20)34-15-16-5-7-18(27)8-6-16)13-21-24(31)29(25(32)35-21)14-22(30)28-9-3-2-4-10-28/h5-8,11-13H,2-4,9-10,14-15H2,1H3/b21-13-. The van der Waals surface area contributed by atoms with Gasteiger partial charge in [0.2, 0.25) is 5.91 Å². The van der Waals surface area contributed by atoms with E-state index in [-0.39, 0.29) is 17.4 Å². The molecule has 0 bridgehead atoms. The molecule has 2 fully saturated rings. The maximum absolute atomic E-state index is 12.9. The summed E-state index contributed by atoms with van der Waals surface area (Å²) in [6.07, 6.45) is 4.56. The predicted octanol–water partition coefficient (Wildman–Crippen LogP) is 5.58. The fraction of sp³-hybridized carbons (Fsp3) is 0.320. The lowest BCUT2D eigenvalue weighted by Gasteiger charge is -2.27. The zero-order chi connectivity index (χ0) is 24.9. The Kier molecular flexibility index (Phi) is 8.61. The monoisotopic (exact) mass is 626 g/mol. The second-order valence-electron chi connectivity index (χ2n) is 8.16. The number of likely N-dealkylation sites (tertiary alicyclic amines) is 1. The Morgan fingerprint density at radius 1 is 1.14 bits per heavy atom. The van der Waals surface area contributed by atoms with Gasteiger partial charge >= 0.3 is 0 Å². The molecule has 0 atom stereocenters. The van der Waals surface area contributed by atoms with E-state index in [0.29, 0.717) is 41.8 Å². The summed E-state index contributed by atoms with van der Waals surface area (Å²) in [7, 11) is 1.51. The third-order valence-corrected chi connectivity index (χ3v) is 7.63. The summed E-state index contributed by atoms with van der Waals surface area (Å²) in [6.45, 7) is 1.41. The highest BCUT2D eigenvalue weighted by Gasteiger charge is 2.37. The van der Waals surface area contributed by atoms with Gasteiger partial charge in [0, 0.05) is 16.7 Å². The van der Waals surface area contributed by atoms with E-state index >= 15 is 0 Å². The highest BCUT2D eigenvalue weighted by molar-refractivity contribution is 14.1. The number of benzene rings is 2. The van der Waals surface area contributed by atoms with Crippen molar-refractivity contribution in [2.45, 2.75) is 25.9 Å². The first-order chi connectivity index (χ1) is 16.9. The van der Waals surface area contributed by atoms with Gasteiger partial charge in [-0.25, -0.2) is 0 Å². The minimum absolute atomic E-state index is 0.201. The fourth-order valence-corrected chi connectivity index (χ4v) is 5.34. The number of carbonyl (C=O) groups excluding carboxylic acids is 3. The van der Waals surface area contributed by atoms with E-state index in [2.05, 4.69) is 22.6 Å². The van der Waals surface area contributed by atoms with Gasteiger partial charge in [-0.2, -0.15) is 0 Å². The Labute approximate surface area is 226 Å². The molecule has 0 saturated carbocycles. The van der Waals surface area contributed by atoms with Crippen molar-refractivity contribution < 1.29 is 23.9 Å². The van der Waals surface area contributed by atoms with Crippen LogP contribution in [-0.2, 0) is 16.2 Å². The SMILES string of the molecule is COc1cc(/C=C2\SC(=O)N(CC(=O)N3CCCCC3)C2=O)cc(Cl)c1OCc1ccc(I)cc1. The van der Waals surface area contributed by atoms with Gasteiger partial charge in [-0.3, -0.25) is 19.3 Å². The van der Waals surface area contributed by atoms with Crippen molar-refractivity contribution in [3.63, 3.8) is 0 Å². The van der Waals surface area contributed by atoms with Crippen molar-refractivity contribution in [3.05, 3.63) is 61.0 Å². The van der Waals surface area contributed by atoms with Crippen molar-refractivity contribution in [1.82, 2.24) is 9.80 Å². The number of piperidine rings is 1. The fourth-order valence-electron chi connectivity index (χ4n) is 3.87. The van der Waals surface area contributed by atoms with Crippen LogP contribution in [0.15, 0.2) is 41.3 Å². The van der Waals surface area contributed by atoms with Crippen LogP contribution < -0.4 is 9.47 Å². The summed E-state index contributed by atoms with van der Waals surface area (Å²) in [4.78, 5) is 40.9. The van der Waals surface area contributed by atoms with E-state index in [0.717, 1.165) is 45.1 Å². The highest BCUT2D eigenvalue weighted by atomic mass is 127. The van der Waals surface area contributed by atoms with E-state index in [4.69, 9.17) is 21.1 Å². The Morgan fingerprint density at radius 2 is 1.86 bits per heavy atom. The Balaban J connectivity index is 1.47. The quantitative estimate of drug-likeness (QED) is 0.295. The number of imide groups is 1. The normalized spacial score (nSPS) is 17.3. The van der Waals surface area contributed by atoms with Crippen LogP contribution in [0.5, 0.6) is 11.5 Å². The number of halogens is 2. The minimum Gasteiger partial charge on any atom is -0.493 e. The lowest BCUT2D eigenvalue weighted by atomic mass is 10.1. The van der Waals surface area contributed by atoms with Crippen molar-refractivity contribution in [1.29, 1.82) is 0 Å². The molecule has 2 aromatic carbocycles. The molecule has 0 aliphatic carbocycles. The molecule has 2 heterocycles. The molecule has 0 aromatic heterocycles. The van der Waals surface area contributed by atoms with Crippen LogP contribution in [-0.4, -0.2) is 53.6 Å². The molecule has 2 aliphatic heterocycles. The smallest absolute Gasteiger partial charge is 0.294 e. The summed E-state index contributed by atoms with van der Waals surface area (Å²) >= 11 is 9.53. The first-order valence-electron chi connectivity index (χ1n) is 11.1. The van der Waals surface area contributed by atoms with E-state index < -0.39 is 11.1 Å². The van der Waals surface area contributed by atoms with Gasteiger partial charge in [-0.15, -0.1) is 0 Å². The van der Waals surface area contributed by atoms with Crippen LogP contribution in [0.4, 0.5) is 4.79 Å². The lowest BCUT2D eigenvalue weighted by molar-refractivity contribution is -0.136. The second kappa shape index (κ2) is 11.7. The van der Waals surface area contributed by atoms with Crippen LogP contribution in [0, 0.1) is 3.57 Å². The summed E-state index contributed by atoms with van der Waals surface area (Å²) in [5.74, 6) is 0.117. The number of hydrogen-bond acceptors (Lipinski definition) is 6. The Bertz CT molecular complexity index is 1170. The van der Waals surface area contributed by atoms with Crippen molar-refractivity contribution in [2.24, 2.45) is 0 Å². The number of hydrogen-bond donors (Lipinski definition) is 0. The number of amides is 3. The molecule has 7 nitrogen and oxygen atoms in total. The van der Waals surface area contributed by atoms with Gasteiger partial charge in [0.1, 0.15) is 13.2 Å². The molecular weight excluding hydrogens is 603 g/mol. The number of thioether (sulfide) groups is 1. The van der Waals surface area contributed by atoms with Crippen molar-refractivity contribution in [3.8, 4) is 11.5 Å². The number of rotatable bonds is 7. The predicted molar refractivity (Wildman–Crippen MR) is 145 cm³/mol. The highest BCUT2D eigenvalue weighted by Crippen LogP contribution is 2.39. The van der Waals surface area contributed by atoms with Gasteiger partial charge in [0.05, 0.1) is 17.0 Å². The molecule has 2 aromatic rings. The first kappa shape index (κ1) is 25.8. The van der Waals surface area contributed by atoms with Crippen molar-refractivity contribution in [2.75, 3.05) is 26.7 Å². The van der Waals surface area contributed by atoms with Crippen molar-refractivity contribution >= 4 is 69.1 Å². The average Bonchev–Trinajstić information content (AvgIpc) is 3.11. The number of carbonyl (C=O) groups is 3. The van der Waals surface area contributed by atoms with Crippen LogP contribution in [0.2, 0.25) is 5.02 Å². The topological polar surface area (TPSA) is 76.2 Å². The lowest BCUT2D eigenvalue weighted by Crippen LogP contribution is -2.44. The first-order valence-corrected chi connectivity index (χ1v) is 13.4. The zero-order valence-electron chi connectivity index (χ0n) is 19.1. The molecule has 35 heavy (non-hydrogen) atoms. The summed E-state index contributed by atoms with van der Waals surface area (Å²) in [5, 5.41) is -0.136. The molecule has 2 saturated heterocycles. The Hall–Kier alpha value is -2.24. The maximum atomic E-state index is 12.9. The zero-order valence-corrected chi connectivity index (χ0v) is 22.8. The van der Waals surface area contributed by atoms with E-state index in [9.17, 15) is 14.4 Å². The Morgan fingerprint density at radius 3 is 2.54 bits per heavy atom. The largest absolute Gasteiger partial charge is 0.493 e. The van der Waals surface area contributed by atoms with Crippen LogP contribution in [0.3, 0.4) is 0 Å². The van der Waals surface area contributed by atoms with Gasteiger partial charge in [-0.05, 0) is 95.1 Å². The molecule has 0 spiro atoms. The number of nitrogens with zero attached hydrogens (tertiary/aromatic N) is 2. The molecule has 0 N–H and O–H groups in total. The van der Waals surface area contributed by atoms with E-state index in [1.54, 1.807) is 23.1 Å². The van der Waals surface area contributed by atoms with Crippen LogP contribution >= 0.6 is 46.0 Å². The third-order valence-electron chi connectivity index (χ3n) is 5.72. The minimum atomic E-state index is -0.487. The number of ether oxygens (including phenoxy) is 2. The summed E-state index contributed by atoms with van der Waals surface area (Å²) in [5.41, 5.74) is 1.57. The summed E-state index contributed by atoms with van der Waals surface area (Å²) in [6, 6.07) is 11.3. The van der Waals surface area contributed by atoms with Gasteiger partial charge in [0.25, 0.3) is 11.1 Å². The molecular formula is C25H24ClIN2O5S. The van der Waals surface area contributed by atoms with Crippen LogP contribution in [0.1, 0.15) is 30.4 Å². The van der Waals surface area contributed by atoms with Gasteiger partial charge < -0.3 is 14.4 Å². The number of methoxy groups -OCH3 is 1. The molecule has 2 aliphatic rings. The molecule has 4 rings (SSSR count). The second-order valence-corrected chi connectivity index (χ2v) is 10.8. The van der Waals surface area contributed by atoms with Gasteiger partial charge in [-0.1, -0.05) is 23.7 Å². The maximum Gasteiger partial charge on any atom is 0.294 e. The molecule has 3 amide bonds. The third kappa shape index (κ3) is 6.31. The van der Waals surface area contributed by atoms with E-state index in [1.165, 1.54) is 7.11 Å². The molecule has 0 radical (unpaired) electrons. The molecule has 0 unspecified atom stereocenters. The van der Waals surface area contributed by atoms with Gasteiger partial charge in [0.15, 0.2) is 11.5 Å². The molecule has 184 valence electrons. The average molecular weight is 627 g/mol. The molecule has 10 heteroatoms. The summed E-state index contributed by atoms with van der Waals surface area (Å²) < 4.78 is 12.5. The van der Waals surface area contributed by atoms with E-state index in [1.807, 2.05) is 24.3 Å².